The van der Waals surface area contributed by atoms with Crippen molar-refractivity contribution in [1.82, 2.24) is 0 Å². The number of halogens is 1. The predicted octanol–water partition coefficient (Wildman–Crippen LogP) is 4.78. The van der Waals surface area contributed by atoms with Gasteiger partial charge in [-0.25, -0.2) is 0 Å². The van der Waals surface area contributed by atoms with Gasteiger partial charge in [0.05, 0.1) is 17.7 Å². The molecular weight excluding hydrogens is 286 g/mol. The Labute approximate surface area is 121 Å². The third kappa shape index (κ3) is 3.02. The summed E-state index contributed by atoms with van der Waals surface area (Å²) in [5, 5.41) is 4.55. The van der Waals surface area contributed by atoms with Crippen molar-refractivity contribution >= 4 is 51.6 Å². The van der Waals surface area contributed by atoms with Gasteiger partial charge in [-0.1, -0.05) is 17.7 Å². The van der Waals surface area contributed by atoms with Crippen LogP contribution in [0.3, 0.4) is 0 Å². The number of methoxy groups -OCH3 is 1. The number of benzene rings is 1. The highest BCUT2D eigenvalue weighted by Gasteiger charge is 2.09. The first-order chi connectivity index (χ1) is 8.60. The van der Waals surface area contributed by atoms with Crippen molar-refractivity contribution in [3.8, 4) is 0 Å². The lowest BCUT2D eigenvalue weighted by Gasteiger charge is -2.05. The number of rotatable bonds is 3. The number of hydrogen-bond donors (Lipinski definition) is 1. The van der Waals surface area contributed by atoms with Crippen LogP contribution >= 0.6 is 35.2 Å². The van der Waals surface area contributed by atoms with Crippen molar-refractivity contribution in [1.29, 1.82) is 0 Å². The molecule has 0 atom stereocenters. The van der Waals surface area contributed by atoms with Gasteiger partial charge in [0, 0.05) is 15.6 Å². The largest absolute Gasteiger partial charge is 0.486 e. The van der Waals surface area contributed by atoms with Crippen molar-refractivity contribution in [3.63, 3.8) is 0 Å². The standard InChI is InChI=1S/C13H12ClNOS2/c1-8-11(7-12(18-8)13(17)16-2)15-10-5-3-4-9(14)6-10/h3-7,15H,1-2H3. The first-order valence-electron chi connectivity index (χ1n) is 5.31. The van der Waals surface area contributed by atoms with Crippen LogP contribution in [0.2, 0.25) is 5.02 Å². The second kappa shape index (κ2) is 5.69. The average Bonchev–Trinajstić information content (AvgIpc) is 2.70. The molecule has 0 unspecified atom stereocenters. The molecule has 0 saturated carbocycles. The highest BCUT2D eigenvalue weighted by atomic mass is 35.5. The third-order valence-electron chi connectivity index (χ3n) is 2.41. The van der Waals surface area contributed by atoms with E-state index < -0.39 is 0 Å². The summed E-state index contributed by atoms with van der Waals surface area (Å²) in [6.45, 7) is 2.04. The van der Waals surface area contributed by atoms with Gasteiger partial charge in [0.15, 0.2) is 0 Å². The van der Waals surface area contributed by atoms with Gasteiger partial charge in [0.25, 0.3) is 0 Å². The summed E-state index contributed by atoms with van der Waals surface area (Å²) in [4.78, 5) is 2.11. The van der Waals surface area contributed by atoms with E-state index in [2.05, 4.69) is 5.32 Å². The van der Waals surface area contributed by atoms with E-state index in [0.29, 0.717) is 10.1 Å². The molecule has 0 fully saturated rings. The molecule has 2 nitrogen and oxygen atoms in total. The summed E-state index contributed by atoms with van der Waals surface area (Å²) in [5.74, 6) is 0. The fraction of sp³-hybridized carbons (Fsp3) is 0.154. The monoisotopic (exact) mass is 297 g/mol. The molecule has 0 aliphatic carbocycles. The van der Waals surface area contributed by atoms with E-state index in [4.69, 9.17) is 28.6 Å². The van der Waals surface area contributed by atoms with E-state index >= 15 is 0 Å². The Morgan fingerprint density at radius 1 is 1.39 bits per heavy atom. The van der Waals surface area contributed by atoms with Gasteiger partial charge >= 0.3 is 0 Å². The smallest absolute Gasteiger partial charge is 0.201 e. The Hall–Kier alpha value is -1.10. The number of thiocarbonyl (C=S) groups is 1. The van der Waals surface area contributed by atoms with Gasteiger partial charge < -0.3 is 10.1 Å². The van der Waals surface area contributed by atoms with Crippen LogP contribution in [0.15, 0.2) is 30.3 Å². The van der Waals surface area contributed by atoms with Crippen molar-refractivity contribution < 1.29 is 4.74 Å². The van der Waals surface area contributed by atoms with Crippen molar-refractivity contribution in [2.75, 3.05) is 12.4 Å². The van der Waals surface area contributed by atoms with E-state index in [0.717, 1.165) is 21.1 Å². The summed E-state index contributed by atoms with van der Waals surface area (Å²) in [7, 11) is 1.58. The van der Waals surface area contributed by atoms with E-state index in [1.54, 1.807) is 18.4 Å². The van der Waals surface area contributed by atoms with Crippen LogP contribution < -0.4 is 5.32 Å². The number of nitrogens with one attached hydrogen (secondary N) is 1. The second-order valence-corrected chi connectivity index (χ2v) is 5.77. The molecular formula is C13H12ClNOS2. The normalized spacial score (nSPS) is 10.2. The first kappa shape index (κ1) is 13.3. The number of hydrogen-bond acceptors (Lipinski definition) is 4. The van der Waals surface area contributed by atoms with Crippen molar-refractivity contribution in [2.45, 2.75) is 6.92 Å². The van der Waals surface area contributed by atoms with Gasteiger partial charge in [0.1, 0.15) is 0 Å². The van der Waals surface area contributed by atoms with Gasteiger partial charge in [0.2, 0.25) is 5.05 Å². The zero-order valence-electron chi connectivity index (χ0n) is 9.99. The maximum Gasteiger partial charge on any atom is 0.201 e. The SMILES string of the molecule is COC(=S)c1cc(Nc2cccc(Cl)c2)c(C)s1. The lowest BCUT2D eigenvalue weighted by atomic mass is 10.3. The highest BCUT2D eigenvalue weighted by Crippen LogP contribution is 2.30. The predicted molar refractivity (Wildman–Crippen MR) is 82.5 cm³/mol. The Bertz CT molecular complexity index is 580. The number of ether oxygens (including phenoxy) is 1. The summed E-state index contributed by atoms with van der Waals surface area (Å²) >= 11 is 12.7. The molecule has 0 radical (unpaired) electrons. The summed E-state index contributed by atoms with van der Waals surface area (Å²) in [5.41, 5.74) is 1.98. The number of anilines is 2. The molecule has 2 aromatic rings. The second-order valence-electron chi connectivity index (χ2n) is 3.71. The van der Waals surface area contributed by atoms with Crippen LogP contribution in [0.4, 0.5) is 11.4 Å². The van der Waals surface area contributed by atoms with Crippen molar-refractivity contribution in [3.05, 3.63) is 45.1 Å². The molecule has 0 saturated heterocycles. The fourth-order valence-corrected chi connectivity index (χ4v) is 2.80. The maximum absolute atomic E-state index is 5.95. The summed E-state index contributed by atoms with van der Waals surface area (Å²) in [6, 6.07) is 9.60. The molecule has 2 rings (SSSR count). The molecule has 1 N–H and O–H groups in total. The topological polar surface area (TPSA) is 21.3 Å². The van der Waals surface area contributed by atoms with Gasteiger partial charge in [-0.2, -0.15) is 0 Å². The molecule has 1 heterocycles. The van der Waals surface area contributed by atoms with Crippen LogP contribution in [0, 0.1) is 6.92 Å². The van der Waals surface area contributed by atoms with Crippen molar-refractivity contribution in [2.24, 2.45) is 0 Å². The van der Waals surface area contributed by atoms with Crippen LogP contribution in [0.25, 0.3) is 0 Å². The molecule has 94 valence electrons. The third-order valence-corrected chi connectivity index (χ3v) is 4.21. The Morgan fingerprint density at radius 3 is 2.83 bits per heavy atom. The van der Waals surface area contributed by atoms with Crippen LogP contribution in [0.1, 0.15) is 9.75 Å². The minimum atomic E-state index is 0.516. The minimum absolute atomic E-state index is 0.516. The van der Waals surface area contributed by atoms with Crippen LogP contribution in [-0.4, -0.2) is 12.2 Å². The zero-order chi connectivity index (χ0) is 13.1. The Balaban J connectivity index is 2.24. The molecule has 0 bridgehead atoms. The van der Waals surface area contributed by atoms with E-state index in [1.165, 1.54) is 0 Å². The van der Waals surface area contributed by atoms with E-state index in [-0.39, 0.29) is 0 Å². The molecule has 5 heteroatoms. The highest BCUT2D eigenvalue weighted by molar-refractivity contribution is 7.80. The minimum Gasteiger partial charge on any atom is -0.486 e. The molecule has 0 aliphatic rings. The van der Waals surface area contributed by atoms with Gasteiger partial charge in [-0.15, -0.1) is 11.3 Å². The Morgan fingerprint density at radius 2 is 2.17 bits per heavy atom. The lowest BCUT2D eigenvalue weighted by molar-refractivity contribution is 0.417. The Kier molecular flexibility index (Phi) is 4.22. The van der Waals surface area contributed by atoms with Crippen LogP contribution in [-0.2, 0) is 4.74 Å². The zero-order valence-corrected chi connectivity index (χ0v) is 12.4. The lowest BCUT2D eigenvalue weighted by Crippen LogP contribution is -1.95. The summed E-state index contributed by atoms with van der Waals surface area (Å²) in [6.07, 6.45) is 0. The quantitative estimate of drug-likeness (QED) is 0.824. The molecule has 0 amide bonds. The van der Waals surface area contributed by atoms with E-state index in [9.17, 15) is 0 Å². The molecule has 18 heavy (non-hydrogen) atoms. The van der Waals surface area contributed by atoms with Gasteiger partial charge in [-0.3, -0.25) is 0 Å². The molecule has 0 spiro atoms. The fourth-order valence-electron chi connectivity index (χ4n) is 1.53. The van der Waals surface area contributed by atoms with Crippen LogP contribution in [0.5, 0.6) is 0 Å². The molecule has 1 aromatic heterocycles. The van der Waals surface area contributed by atoms with Gasteiger partial charge in [-0.05, 0) is 43.4 Å². The molecule has 0 aliphatic heterocycles. The number of thiophene rings is 1. The average molecular weight is 298 g/mol. The number of aryl methyl sites for hydroxylation is 1. The first-order valence-corrected chi connectivity index (χ1v) is 6.92. The molecule has 1 aromatic carbocycles. The van der Waals surface area contributed by atoms with E-state index in [1.807, 2.05) is 37.3 Å². The summed E-state index contributed by atoms with van der Waals surface area (Å²) < 4.78 is 5.07. The maximum atomic E-state index is 5.95.